The van der Waals surface area contributed by atoms with E-state index in [2.05, 4.69) is 20.8 Å². The molecular formula is C19H20N4O3S2. The molecule has 3 heterocycles. The lowest BCUT2D eigenvalue weighted by atomic mass is 10.1. The number of amides is 2. The number of rotatable bonds is 5. The second-order valence-electron chi connectivity index (χ2n) is 6.59. The van der Waals surface area contributed by atoms with Crippen LogP contribution >= 0.6 is 23.1 Å². The highest BCUT2D eigenvalue weighted by Crippen LogP contribution is 2.33. The van der Waals surface area contributed by atoms with E-state index in [1.54, 1.807) is 0 Å². The first kappa shape index (κ1) is 18.9. The normalized spacial score (nSPS) is 17.3. The summed E-state index contributed by atoms with van der Waals surface area (Å²) >= 11 is 3.04. The van der Waals surface area contributed by atoms with Gasteiger partial charge in [0.05, 0.1) is 0 Å². The molecule has 2 amide bonds. The third kappa shape index (κ3) is 4.05. The average Bonchev–Trinajstić information content (AvgIpc) is 3.21. The quantitative estimate of drug-likeness (QED) is 0.620. The fourth-order valence-corrected chi connectivity index (χ4v) is 5.04. The van der Waals surface area contributed by atoms with Gasteiger partial charge in [-0.3, -0.25) is 9.59 Å². The Morgan fingerprint density at radius 3 is 3.04 bits per heavy atom. The summed E-state index contributed by atoms with van der Waals surface area (Å²) < 4.78 is 6.72. The Bertz CT molecular complexity index is 1010. The summed E-state index contributed by atoms with van der Waals surface area (Å²) in [4.78, 5) is 25.1. The summed E-state index contributed by atoms with van der Waals surface area (Å²) in [6, 6.07) is 7.04. The maximum atomic E-state index is 13.0. The van der Waals surface area contributed by atoms with Gasteiger partial charge in [0, 0.05) is 23.2 Å². The average molecular weight is 417 g/mol. The van der Waals surface area contributed by atoms with Crippen molar-refractivity contribution in [1.82, 2.24) is 20.8 Å². The lowest BCUT2D eigenvalue weighted by Crippen LogP contribution is -2.45. The van der Waals surface area contributed by atoms with Crippen LogP contribution in [0.2, 0.25) is 0 Å². The van der Waals surface area contributed by atoms with Gasteiger partial charge in [-0.25, -0.2) is 0 Å². The molecule has 1 fully saturated rings. The predicted molar refractivity (Wildman–Crippen MR) is 109 cm³/mol. The van der Waals surface area contributed by atoms with Gasteiger partial charge in [0.25, 0.3) is 5.91 Å². The summed E-state index contributed by atoms with van der Waals surface area (Å²) in [6.45, 7) is 2.56. The first-order chi connectivity index (χ1) is 13.6. The monoisotopic (exact) mass is 416 g/mol. The van der Waals surface area contributed by atoms with Gasteiger partial charge in [-0.2, -0.15) is 0 Å². The van der Waals surface area contributed by atoms with Crippen LogP contribution in [0.5, 0.6) is 0 Å². The zero-order valence-corrected chi connectivity index (χ0v) is 17.0. The summed E-state index contributed by atoms with van der Waals surface area (Å²) in [5.74, 6) is 0.294. The highest BCUT2D eigenvalue weighted by molar-refractivity contribution is 8.00. The highest BCUT2D eigenvalue weighted by Gasteiger charge is 2.27. The second-order valence-corrected chi connectivity index (χ2v) is 9.00. The number of benzene rings is 1. The lowest BCUT2D eigenvalue weighted by molar-refractivity contribution is -0.122. The van der Waals surface area contributed by atoms with Gasteiger partial charge in [-0.15, -0.1) is 10.2 Å². The number of thioether (sulfide) groups is 1. The van der Waals surface area contributed by atoms with E-state index in [0.29, 0.717) is 24.3 Å². The molecule has 2 aromatic heterocycles. The Morgan fingerprint density at radius 1 is 1.36 bits per heavy atom. The third-order valence-corrected chi connectivity index (χ3v) is 6.59. The number of fused-ring (bicyclic) bond motifs is 1. The Morgan fingerprint density at radius 2 is 2.21 bits per heavy atom. The molecule has 0 bridgehead atoms. The highest BCUT2D eigenvalue weighted by atomic mass is 32.2. The molecule has 9 heteroatoms. The van der Waals surface area contributed by atoms with Crippen LogP contribution in [-0.4, -0.2) is 34.6 Å². The second kappa shape index (κ2) is 8.32. The van der Waals surface area contributed by atoms with Gasteiger partial charge in [0.2, 0.25) is 5.91 Å². The van der Waals surface area contributed by atoms with Crippen LogP contribution in [0.15, 0.2) is 33.0 Å². The SMILES string of the molecule is Cc1nnc(SCc2c(C(=O)NC3CCCCNC3=O)oc3ccccc23)s1. The minimum atomic E-state index is -0.533. The van der Waals surface area contributed by atoms with E-state index in [4.69, 9.17) is 4.42 Å². The number of carbonyl (C=O) groups is 2. The molecule has 1 aromatic carbocycles. The largest absolute Gasteiger partial charge is 0.451 e. The number of furan rings is 1. The topological polar surface area (TPSA) is 97.1 Å². The molecule has 0 radical (unpaired) electrons. The van der Waals surface area contributed by atoms with E-state index < -0.39 is 6.04 Å². The molecule has 7 nitrogen and oxygen atoms in total. The third-order valence-electron chi connectivity index (χ3n) is 4.59. The van der Waals surface area contributed by atoms with Crippen LogP contribution in [0, 0.1) is 6.92 Å². The van der Waals surface area contributed by atoms with Crippen molar-refractivity contribution in [3.63, 3.8) is 0 Å². The fraction of sp³-hybridized carbons (Fsp3) is 0.368. The first-order valence-electron chi connectivity index (χ1n) is 9.13. The number of aryl methyl sites for hydroxylation is 1. The van der Waals surface area contributed by atoms with Gasteiger partial charge in [-0.1, -0.05) is 41.3 Å². The number of aromatic nitrogens is 2. The van der Waals surface area contributed by atoms with Gasteiger partial charge in [-0.05, 0) is 32.3 Å². The van der Waals surface area contributed by atoms with Gasteiger partial charge in [0.15, 0.2) is 10.1 Å². The number of nitrogens with zero attached hydrogens (tertiary/aromatic N) is 2. The molecule has 3 aromatic rings. The number of para-hydroxylation sites is 1. The fourth-order valence-electron chi connectivity index (χ4n) is 3.20. The summed E-state index contributed by atoms with van der Waals surface area (Å²) in [6.07, 6.45) is 2.45. The Labute approximate surface area is 170 Å². The molecule has 28 heavy (non-hydrogen) atoms. The van der Waals surface area contributed by atoms with Crippen LogP contribution in [0.3, 0.4) is 0 Å². The van der Waals surface area contributed by atoms with Crippen molar-refractivity contribution in [2.45, 2.75) is 42.3 Å². The minimum Gasteiger partial charge on any atom is -0.451 e. The van der Waals surface area contributed by atoms with Gasteiger partial charge < -0.3 is 15.1 Å². The van der Waals surface area contributed by atoms with Crippen molar-refractivity contribution in [1.29, 1.82) is 0 Å². The smallest absolute Gasteiger partial charge is 0.288 e. The van der Waals surface area contributed by atoms with Crippen molar-refractivity contribution in [2.24, 2.45) is 0 Å². The first-order valence-corrected chi connectivity index (χ1v) is 10.9. The van der Waals surface area contributed by atoms with Crippen LogP contribution in [0.25, 0.3) is 11.0 Å². The van der Waals surface area contributed by atoms with E-state index in [1.807, 2.05) is 31.2 Å². The molecule has 0 saturated carbocycles. The predicted octanol–water partition coefficient (Wildman–Crippen LogP) is 3.28. The zero-order valence-electron chi connectivity index (χ0n) is 15.4. The van der Waals surface area contributed by atoms with Crippen LogP contribution in [-0.2, 0) is 10.5 Å². The molecule has 1 aliphatic rings. The number of nitrogens with one attached hydrogen (secondary N) is 2. The van der Waals surface area contributed by atoms with E-state index >= 15 is 0 Å². The van der Waals surface area contributed by atoms with Crippen molar-refractivity contribution in [3.8, 4) is 0 Å². The Kier molecular flexibility index (Phi) is 5.63. The van der Waals surface area contributed by atoms with Crippen molar-refractivity contribution in [3.05, 3.63) is 40.6 Å². The van der Waals surface area contributed by atoms with Crippen LogP contribution < -0.4 is 10.6 Å². The molecular weight excluding hydrogens is 396 g/mol. The molecule has 0 spiro atoms. The maximum absolute atomic E-state index is 13.0. The summed E-state index contributed by atoms with van der Waals surface area (Å²) in [5.41, 5.74) is 1.46. The lowest BCUT2D eigenvalue weighted by Gasteiger charge is -2.14. The zero-order chi connectivity index (χ0) is 19.5. The standard InChI is InChI=1S/C19H20N4O3S2/c1-11-22-23-19(28-11)27-10-13-12-6-2-3-8-15(12)26-16(13)18(25)21-14-7-4-5-9-20-17(14)24/h2-3,6,8,14H,4-5,7,9-10H2,1H3,(H,20,24)(H,21,25). The van der Waals surface area contributed by atoms with E-state index in [9.17, 15) is 9.59 Å². The van der Waals surface area contributed by atoms with E-state index in [-0.39, 0.29) is 17.6 Å². The number of hydrogen-bond acceptors (Lipinski definition) is 7. The van der Waals surface area contributed by atoms with E-state index in [1.165, 1.54) is 23.1 Å². The van der Waals surface area contributed by atoms with Crippen molar-refractivity contribution < 1.29 is 14.0 Å². The van der Waals surface area contributed by atoms with Crippen LogP contribution in [0.1, 0.15) is 40.4 Å². The maximum Gasteiger partial charge on any atom is 0.288 e. The summed E-state index contributed by atoms with van der Waals surface area (Å²) in [5, 5.41) is 15.6. The minimum absolute atomic E-state index is 0.137. The van der Waals surface area contributed by atoms with Gasteiger partial charge in [0.1, 0.15) is 16.6 Å². The van der Waals surface area contributed by atoms with Gasteiger partial charge >= 0.3 is 0 Å². The molecule has 1 atom stereocenters. The molecule has 1 saturated heterocycles. The number of hydrogen-bond donors (Lipinski definition) is 2. The Hall–Kier alpha value is -2.39. The number of carbonyl (C=O) groups excluding carboxylic acids is 2. The molecule has 0 aliphatic carbocycles. The molecule has 2 N–H and O–H groups in total. The Balaban J connectivity index is 1.59. The molecule has 1 unspecified atom stereocenters. The van der Waals surface area contributed by atoms with Crippen molar-refractivity contribution in [2.75, 3.05) is 6.54 Å². The van der Waals surface area contributed by atoms with Crippen molar-refractivity contribution >= 4 is 45.9 Å². The molecule has 146 valence electrons. The van der Waals surface area contributed by atoms with E-state index in [0.717, 1.165) is 33.1 Å². The van der Waals surface area contributed by atoms with Crippen LogP contribution in [0.4, 0.5) is 0 Å². The molecule has 1 aliphatic heterocycles. The summed E-state index contributed by atoms with van der Waals surface area (Å²) in [7, 11) is 0. The molecule has 4 rings (SSSR count).